The van der Waals surface area contributed by atoms with Crippen LogP contribution in [0.2, 0.25) is 0 Å². The Morgan fingerprint density at radius 1 is 1.12 bits per heavy atom. The van der Waals surface area contributed by atoms with Gasteiger partial charge in [0, 0.05) is 24.3 Å². The fourth-order valence-corrected chi connectivity index (χ4v) is 4.27. The summed E-state index contributed by atoms with van der Waals surface area (Å²) in [6, 6.07) is 15.7. The molecule has 170 valence electrons. The molecule has 0 aliphatic carbocycles. The highest BCUT2D eigenvalue weighted by molar-refractivity contribution is 6.46. The minimum atomic E-state index is -0.348. The van der Waals surface area contributed by atoms with Gasteiger partial charge in [-0.2, -0.15) is 0 Å². The number of amidine groups is 1. The Bertz CT molecular complexity index is 1140. The molecule has 1 saturated heterocycles. The summed E-state index contributed by atoms with van der Waals surface area (Å²) in [5.41, 5.74) is 4.18. The maximum Gasteiger partial charge on any atom is 0.293 e. The summed E-state index contributed by atoms with van der Waals surface area (Å²) in [5.74, 6) is 0.618. The number of ether oxygens (including phenoxy) is 2. The zero-order valence-corrected chi connectivity index (χ0v) is 18.9. The summed E-state index contributed by atoms with van der Waals surface area (Å²) in [6.07, 6.45) is 1.58. The summed E-state index contributed by atoms with van der Waals surface area (Å²) in [7, 11) is 0. The van der Waals surface area contributed by atoms with Crippen LogP contribution in [0.4, 0.5) is 5.69 Å². The first-order valence-electron chi connectivity index (χ1n) is 10.8. The molecule has 1 fully saturated rings. The van der Waals surface area contributed by atoms with Gasteiger partial charge in [-0.1, -0.05) is 28.9 Å². The van der Waals surface area contributed by atoms with Gasteiger partial charge in [0.05, 0.1) is 35.7 Å². The summed E-state index contributed by atoms with van der Waals surface area (Å²) in [4.78, 5) is 11.7. The van der Waals surface area contributed by atoms with Crippen LogP contribution >= 0.6 is 11.6 Å². The first-order chi connectivity index (χ1) is 16.1. The Hall–Kier alpha value is -3.36. The summed E-state index contributed by atoms with van der Waals surface area (Å²) >= 11 is 6.58. The third-order valence-electron chi connectivity index (χ3n) is 5.83. The topological polar surface area (TPSA) is 91.0 Å². The first kappa shape index (κ1) is 21.5. The molecule has 0 bridgehead atoms. The van der Waals surface area contributed by atoms with Crippen LogP contribution in [-0.2, 0) is 4.74 Å². The minimum absolute atomic E-state index is 0.160. The van der Waals surface area contributed by atoms with E-state index in [-0.39, 0.29) is 12.2 Å². The van der Waals surface area contributed by atoms with Gasteiger partial charge < -0.3 is 24.9 Å². The van der Waals surface area contributed by atoms with Crippen LogP contribution in [0.3, 0.4) is 0 Å². The van der Waals surface area contributed by atoms with Gasteiger partial charge in [0.25, 0.3) is 6.02 Å². The Kier molecular flexibility index (Phi) is 6.02. The quantitative estimate of drug-likeness (QED) is 0.410. The maximum absolute atomic E-state index is 8.90. The second kappa shape index (κ2) is 9.25. The zero-order chi connectivity index (χ0) is 22.8. The molecule has 0 radical (unpaired) electrons. The van der Waals surface area contributed by atoms with Crippen LogP contribution in [0.25, 0.3) is 0 Å². The van der Waals surface area contributed by atoms with Crippen LogP contribution in [0.5, 0.6) is 5.75 Å². The summed E-state index contributed by atoms with van der Waals surface area (Å²) in [5, 5.41) is 15.9. The predicted octanol–water partition coefficient (Wildman–Crippen LogP) is 3.38. The van der Waals surface area contributed by atoms with E-state index >= 15 is 0 Å². The van der Waals surface area contributed by atoms with Crippen LogP contribution in [-0.4, -0.2) is 61.2 Å². The summed E-state index contributed by atoms with van der Waals surface area (Å²) in [6.45, 7) is 5.02. The van der Waals surface area contributed by atoms with Crippen LogP contribution in [0.15, 0.2) is 74.8 Å². The smallest absolute Gasteiger partial charge is 0.293 e. The number of benzene rings is 2. The first-order valence-corrected chi connectivity index (χ1v) is 11.2. The Morgan fingerprint density at radius 2 is 1.85 bits per heavy atom. The van der Waals surface area contributed by atoms with E-state index < -0.39 is 0 Å². The number of allylic oxidation sites excluding steroid dienone is 1. The molecule has 3 heterocycles. The van der Waals surface area contributed by atoms with Gasteiger partial charge >= 0.3 is 0 Å². The number of nitrogens with one attached hydrogen (secondary N) is 1. The van der Waals surface area contributed by atoms with E-state index in [0.29, 0.717) is 22.5 Å². The molecule has 2 N–H and O–H groups in total. The van der Waals surface area contributed by atoms with Crippen LogP contribution in [0, 0.1) is 0 Å². The lowest BCUT2D eigenvalue weighted by atomic mass is 10.0. The van der Waals surface area contributed by atoms with Crippen molar-refractivity contribution < 1.29 is 14.7 Å². The van der Waals surface area contributed by atoms with Gasteiger partial charge in [-0.05, 0) is 55.0 Å². The molecule has 33 heavy (non-hydrogen) atoms. The molecule has 2 aromatic rings. The van der Waals surface area contributed by atoms with E-state index in [1.54, 1.807) is 19.1 Å². The van der Waals surface area contributed by atoms with Gasteiger partial charge in [0.15, 0.2) is 6.17 Å². The number of dihydropyridines is 1. The summed E-state index contributed by atoms with van der Waals surface area (Å²) < 4.78 is 11.3. The lowest BCUT2D eigenvalue weighted by Crippen LogP contribution is -2.37. The molecule has 8 nitrogen and oxygen atoms in total. The van der Waals surface area contributed by atoms with Crippen molar-refractivity contribution >= 4 is 34.7 Å². The van der Waals surface area contributed by atoms with E-state index in [2.05, 4.69) is 32.5 Å². The van der Waals surface area contributed by atoms with Crippen molar-refractivity contribution in [3.8, 4) is 5.75 Å². The number of rotatable bonds is 4. The standard InChI is InChI=1S/C24H24ClN5O3/c1-15(29-31)16-4-8-19(9-5-16)33-24-26-21-14-20(25)22(27-23(21)28-24)17-2-6-18(7-3-17)30-10-12-32-13-11-30/h2-9,14,21,23,31H,10-13H2,1H3,(H,26,28)/b29-15+. The monoisotopic (exact) mass is 465 g/mol. The normalized spacial score (nSPS) is 22.7. The number of halogens is 1. The maximum atomic E-state index is 8.90. The molecule has 2 unspecified atom stereocenters. The highest BCUT2D eigenvalue weighted by Gasteiger charge is 2.33. The second-order valence-corrected chi connectivity index (χ2v) is 8.38. The molecule has 3 aliphatic rings. The van der Waals surface area contributed by atoms with Gasteiger partial charge in [-0.15, -0.1) is 0 Å². The number of hydrogen-bond acceptors (Lipinski definition) is 8. The minimum Gasteiger partial charge on any atom is -0.426 e. The van der Waals surface area contributed by atoms with E-state index in [1.807, 2.05) is 30.3 Å². The fraction of sp³-hybridized carbons (Fsp3) is 0.292. The van der Waals surface area contributed by atoms with E-state index in [1.165, 1.54) is 5.69 Å². The lowest BCUT2D eigenvalue weighted by molar-refractivity contribution is 0.122. The van der Waals surface area contributed by atoms with Crippen molar-refractivity contribution in [2.24, 2.45) is 15.1 Å². The molecule has 0 saturated carbocycles. The molecule has 3 aliphatic heterocycles. The van der Waals surface area contributed by atoms with Crippen molar-refractivity contribution in [1.82, 2.24) is 5.32 Å². The van der Waals surface area contributed by atoms with E-state index in [0.717, 1.165) is 43.1 Å². The van der Waals surface area contributed by atoms with Crippen LogP contribution < -0.4 is 15.0 Å². The predicted molar refractivity (Wildman–Crippen MR) is 129 cm³/mol. The average Bonchev–Trinajstić information content (AvgIpc) is 3.25. The zero-order valence-electron chi connectivity index (χ0n) is 18.1. The number of nitrogens with zero attached hydrogens (tertiary/aromatic N) is 4. The Morgan fingerprint density at radius 3 is 2.55 bits per heavy atom. The number of morpholine rings is 1. The molecule has 2 aromatic carbocycles. The second-order valence-electron chi connectivity index (χ2n) is 7.97. The van der Waals surface area contributed by atoms with Crippen LogP contribution in [0.1, 0.15) is 18.1 Å². The SMILES string of the molecule is C/C(=N\O)c1ccc(OC2=NC3N=C(c4ccc(N5CCOCC5)cc4)C(Cl)=CC3N2)cc1. The van der Waals surface area contributed by atoms with Crippen molar-refractivity contribution in [3.05, 3.63) is 70.8 Å². The Labute approximate surface area is 196 Å². The lowest BCUT2D eigenvalue weighted by Gasteiger charge is -2.29. The molecule has 9 heteroatoms. The number of fused-ring (bicyclic) bond motifs is 1. The van der Waals surface area contributed by atoms with Gasteiger partial charge in [0.1, 0.15) is 5.75 Å². The molecule has 0 amide bonds. The Balaban J connectivity index is 1.30. The highest BCUT2D eigenvalue weighted by Crippen LogP contribution is 2.27. The number of aliphatic imine (C=N–C) groups is 2. The number of hydrogen-bond donors (Lipinski definition) is 2. The van der Waals surface area contributed by atoms with E-state index in [9.17, 15) is 0 Å². The van der Waals surface area contributed by atoms with Crippen molar-refractivity contribution in [1.29, 1.82) is 0 Å². The van der Waals surface area contributed by atoms with Crippen molar-refractivity contribution in [2.45, 2.75) is 19.1 Å². The molecular weight excluding hydrogens is 442 g/mol. The molecule has 5 rings (SSSR count). The number of anilines is 1. The third-order valence-corrected chi connectivity index (χ3v) is 6.13. The number of oxime groups is 1. The molecule has 0 spiro atoms. The van der Waals surface area contributed by atoms with Gasteiger partial charge in [-0.3, -0.25) is 4.99 Å². The van der Waals surface area contributed by atoms with E-state index in [4.69, 9.17) is 31.3 Å². The van der Waals surface area contributed by atoms with Crippen molar-refractivity contribution in [2.75, 3.05) is 31.2 Å². The molecule has 2 atom stereocenters. The van der Waals surface area contributed by atoms with Crippen molar-refractivity contribution in [3.63, 3.8) is 0 Å². The van der Waals surface area contributed by atoms with Gasteiger partial charge in [0.2, 0.25) is 0 Å². The highest BCUT2D eigenvalue weighted by atomic mass is 35.5. The fourth-order valence-electron chi connectivity index (χ4n) is 3.98. The average molecular weight is 466 g/mol. The molecule has 0 aromatic heterocycles. The molecular formula is C24H24ClN5O3. The third kappa shape index (κ3) is 4.58. The van der Waals surface area contributed by atoms with Gasteiger partial charge in [-0.25, -0.2) is 4.99 Å². The largest absolute Gasteiger partial charge is 0.426 e.